The second-order valence-corrected chi connectivity index (χ2v) is 8.16. The van der Waals surface area contributed by atoms with Crippen LogP contribution in [-0.2, 0) is 22.7 Å². The number of piperazine rings is 1. The van der Waals surface area contributed by atoms with Crippen LogP contribution in [0.15, 0.2) is 65.5 Å². The number of carboxylic acid groups (broad SMARTS) is 1. The smallest absolute Gasteiger partial charge is 0.308 e. The van der Waals surface area contributed by atoms with Crippen LogP contribution in [0.4, 0.5) is 0 Å². The summed E-state index contributed by atoms with van der Waals surface area (Å²) in [5.74, 6) is 0.975. The second-order valence-electron chi connectivity index (χ2n) is 8.16. The van der Waals surface area contributed by atoms with Crippen molar-refractivity contribution in [3.8, 4) is 11.5 Å². The molecule has 0 amide bonds. The average Bonchev–Trinajstić information content (AvgIpc) is 2.87. The number of benzene rings is 2. The number of aliphatic carboxylic acids is 1. The standard InChI is InChI=1S/C25H30N4O5/c1-32-22-13-20(7-8-21(22)33-16-19-5-3-2-4-6-19)17-34-25(14-24(30)31)18-27-15-23(28-25)29-11-9-26-10-12-29/h2-8,13,15,18,26,28H,9-12,14,16-17H2,1H3,(H,30,31). The van der Waals surface area contributed by atoms with Crippen molar-refractivity contribution < 1.29 is 24.1 Å². The molecule has 2 aliphatic heterocycles. The van der Waals surface area contributed by atoms with Gasteiger partial charge < -0.3 is 34.9 Å². The Hall–Kier alpha value is -3.56. The number of aliphatic imine (C=N–C) groups is 1. The van der Waals surface area contributed by atoms with E-state index in [0.29, 0.717) is 18.1 Å². The molecule has 2 heterocycles. The maximum Gasteiger partial charge on any atom is 0.308 e. The molecule has 3 N–H and O–H groups in total. The van der Waals surface area contributed by atoms with Gasteiger partial charge >= 0.3 is 5.97 Å². The van der Waals surface area contributed by atoms with Crippen molar-refractivity contribution in [2.75, 3.05) is 33.3 Å². The molecule has 1 saturated heterocycles. The number of ether oxygens (including phenoxy) is 3. The molecule has 1 unspecified atom stereocenters. The van der Waals surface area contributed by atoms with Crippen molar-refractivity contribution in [3.63, 3.8) is 0 Å². The van der Waals surface area contributed by atoms with Crippen molar-refractivity contribution in [1.82, 2.24) is 15.5 Å². The maximum atomic E-state index is 11.6. The number of nitrogens with zero attached hydrogens (tertiary/aromatic N) is 2. The lowest BCUT2D eigenvalue weighted by molar-refractivity contribution is -0.143. The Bertz CT molecular complexity index is 1040. The molecule has 2 aromatic carbocycles. The van der Waals surface area contributed by atoms with Crippen LogP contribution >= 0.6 is 0 Å². The Morgan fingerprint density at radius 1 is 1.09 bits per heavy atom. The topological polar surface area (TPSA) is 105 Å². The van der Waals surface area contributed by atoms with E-state index >= 15 is 0 Å². The van der Waals surface area contributed by atoms with Crippen LogP contribution < -0.4 is 20.1 Å². The third kappa shape index (κ3) is 6.06. The summed E-state index contributed by atoms with van der Waals surface area (Å²) in [5, 5.41) is 16.1. The van der Waals surface area contributed by atoms with E-state index in [1.807, 2.05) is 48.5 Å². The molecule has 9 nitrogen and oxygen atoms in total. The maximum absolute atomic E-state index is 11.6. The van der Waals surface area contributed by atoms with Crippen molar-refractivity contribution in [2.45, 2.75) is 25.4 Å². The molecular formula is C25H30N4O5. The summed E-state index contributed by atoms with van der Waals surface area (Å²) >= 11 is 0. The first-order valence-electron chi connectivity index (χ1n) is 11.2. The van der Waals surface area contributed by atoms with Gasteiger partial charge in [-0.15, -0.1) is 0 Å². The molecule has 0 spiro atoms. The minimum Gasteiger partial charge on any atom is -0.493 e. The predicted molar refractivity (Wildman–Crippen MR) is 128 cm³/mol. The summed E-state index contributed by atoms with van der Waals surface area (Å²) in [7, 11) is 1.58. The molecule has 1 atom stereocenters. The van der Waals surface area contributed by atoms with Crippen LogP contribution in [0.2, 0.25) is 0 Å². The molecule has 2 aromatic rings. The van der Waals surface area contributed by atoms with E-state index in [9.17, 15) is 9.90 Å². The largest absolute Gasteiger partial charge is 0.493 e. The van der Waals surface area contributed by atoms with Gasteiger partial charge in [-0.05, 0) is 23.3 Å². The third-order valence-electron chi connectivity index (χ3n) is 5.65. The number of carbonyl (C=O) groups is 1. The second kappa shape index (κ2) is 11.0. The summed E-state index contributed by atoms with van der Waals surface area (Å²) in [6, 6.07) is 15.4. The number of hydrogen-bond acceptors (Lipinski definition) is 8. The molecule has 9 heteroatoms. The van der Waals surface area contributed by atoms with Crippen LogP contribution in [0.1, 0.15) is 17.5 Å². The Morgan fingerprint density at radius 2 is 1.88 bits per heavy atom. The Kier molecular flexibility index (Phi) is 7.66. The number of carboxylic acids is 1. The molecule has 0 radical (unpaired) electrons. The van der Waals surface area contributed by atoms with E-state index in [4.69, 9.17) is 14.2 Å². The first kappa shape index (κ1) is 23.6. The SMILES string of the molecule is COc1cc(COC2(CC(=O)O)C=NC=C(N3CCNCC3)N2)ccc1OCc1ccccc1. The molecule has 0 saturated carbocycles. The lowest BCUT2D eigenvalue weighted by Crippen LogP contribution is -2.56. The minimum absolute atomic E-state index is 0.163. The third-order valence-corrected chi connectivity index (χ3v) is 5.65. The van der Waals surface area contributed by atoms with Crippen LogP contribution in [0.25, 0.3) is 0 Å². The van der Waals surface area contributed by atoms with Crippen molar-refractivity contribution >= 4 is 12.2 Å². The van der Waals surface area contributed by atoms with E-state index in [1.54, 1.807) is 13.3 Å². The van der Waals surface area contributed by atoms with Gasteiger partial charge in [0.05, 0.1) is 32.6 Å². The van der Waals surface area contributed by atoms with Gasteiger partial charge in [-0.2, -0.15) is 0 Å². The first-order valence-corrected chi connectivity index (χ1v) is 11.2. The highest BCUT2D eigenvalue weighted by Crippen LogP contribution is 2.30. The van der Waals surface area contributed by atoms with Gasteiger partial charge in [0.25, 0.3) is 0 Å². The summed E-state index contributed by atoms with van der Waals surface area (Å²) in [5.41, 5.74) is 0.627. The molecule has 4 rings (SSSR count). The molecule has 1 fully saturated rings. The fourth-order valence-electron chi connectivity index (χ4n) is 3.88. The Balaban J connectivity index is 1.43. The fourth-order valence-corrected chi connectivity index (χ4v) is 3.88. The van der Waals surface area contributed by atoms with Gasteiger partial charge in [0.1, 0.15) is 12.4 Å². The molecular weight excluding hydrogens is 436 g/mol. The normalized spacial score (nSPS) is 19.8. The van der Waals surface area contributed by atoms with Gasteiger partial charge in [-0.3, -0.25) is 9.79 Å². The van der Waals surface area contributed by atoms with Crippen LogP contribution in [0.3, 0.4) is 0 Å². The lowest BCUT2D eigenvalue weighted by atomic mass is 10.1. The summed E-state index contributed by atoms with van der Waals surface area (Å²) in [6.07, 6.45) is 2.95. The predicted octanol–water partition coefficient (Wildman–Crippen LogP) is 2.34. The van der Waals surface area contributed by atoms with Crippen molar-refractivity contribution in [1.29, 1.82) is 0 Å². The minimum atomic E-state index is -1.25. The summed E-state index contributed by atoms with van der Waals surface area (Å²) in [6.45, 7) is 3.91. The number of rotatable bonds is 10. The number of hydrogen-bond donors (Lipinski definition) is 3. The highest BCUT2D eigenvalue weighted by atomic mass is 16.5. The van der Waals surface area contributed by atoms with Crippen molar-refractivity contribution in [2.24, 2.45) is 4.99 Å². The zero-order chi connectivity index (χ0) is 23.8. The van der Waals surface area contributed by atoms with E-state index in [-0.39, 0.29) is 13.0 Å². The molecule has 0 bridgehead atoms. The van der Waals surface area contributed by atoms with Gasteiger partial charge in [0.15, 0.2) is 17.2 Å². The molecule has 0 aliphatic carbocycles. The van der Waals surface area contributed by atoms with E-state index in [1.165, 1.54) is 6.21 Å². The van der Waals surface area contributed by atoms with Gasteiger partial charge in [-0.1, -0.05) is 36.4 Å². The first-order chi connectivity index (χ1) is 16.6. The van der Waals surface area contributed by atoms with Gasteiger partial charge in [0.2, 0.25) is 0 Å². The van der Waals surface area contributed by atoms with Gasteiger partial charge in [0, 0.05) is 26.2 Å². The molecule has 2 aliphatic rings. The van der Waals surface area contributed by atoms with E-state index in [2.05, 4.69) is 20.5 Å². The van der Waals surface area contributed by atoms with Crippen molar-refractivity contribution in [3.05, 3.63) is 71.7 Å². The Labute approximate surface area is 199 Å². The highest BCUT2D eigenvalue weighted by molar-refractivity contribution is 5.79. The lowest BCUT2D eigenvalue weighted by Gasteiger charge is -2.39. The van der Waals surface area contributed by atoms with Crippen LogP contribution in [-0.4, -0.2) is 61.2 Å². The quantitative estimate of drug-likeness (QED) is 0.490. The average molecular weight is 467 g/mol. The van der Waals surface area contributed by atoms with E-state index < -0.39 is 11.7 Å². The highest BCUT2D eigenvalue weighted by Gasteiger charge is 2.36. The monoisotopic (exact) mass is 466 g/mol. The van der Waals surface area contributed by atoms with Crippen LogP contribution in [0, 0.1) is 0 Å². The molecule has 180 valence electrons. The number of methoxy groups -OCH3 is 1. The summed E-state index contributed by atoms with van der Waals surface area (Å²) < 4.78 is 17.6. The Morgan fingerprint density at radius 3 is 2.62 bits per heavy atom. The van der Waals surface area contributed by atoms with Crippen LogP contribution in [0.5, 0.6) is 11.5 Å². The number of nitrogens with one attached hydrogen (secondary N) is 2. The molecule has 34 heavy (non-hydrogen) atoms. The molecule has 0 aromatic heterocycles. The van der Waals surface area contributed by atoms with E-state index in [0.717, 1.165) is 43.1 Å². The van der Waals surface area contributed by atoms with Gasteiger partial charge in [-0.25, -0.2) is 0 Å². The fraction of sp³-hybridized carbons (Fsp3) is 0.360. The zero-order valence-corrected chi connectivity index (χ0v) is 19.2. The summed E-state index contributed by atoms with van der Waals surface area (Å²) in [4.78, 5) is 18.1. The zero-order valence-electron chi connectivity index (χ0n) is 19.2.